The number of ether oxygens (including phenoxy) is 2. The van der Waals surface area contributed by atoms with E-state index in [1.165, 1.54) is 6.33 Å². The van der Waals surface area contributed by atoms with Crippen LogP contribution in [0.5, 0.6) is 5.75 Å². The fraction of sp³-hybridized carbons (Fsp3) is 0.308. The Morgan fingerprint density at radius 3 is 2.70 bits per heavy atom. The molecule has 1 aliphatic rings. The molecule has 0 radical (unpaired) electrons. The van der Waals surface area contributed by atoms with Gasteiger partial charge in [0.25, 0.3) is 0 Å². The zero-order chi connectivity index (χ0) is 22.5. The third-order valence-corrected chi connectivity index (χ3v) is 6.06. The maximum atomic E-state index is 6.30. The molecule has 1 aliphatic heterocycles. The molecule has 2 N–H and O–H groups in total. The molecule has 0 spiro atoms. The largest absolute Gasteiger partial charge is 0.489 e. The van der Waals surface area contributed by atoms with E-state index in [-0.39, 0.29) is 0 Å². The van der Waals surface area contributed by atoms with Crippen LogP contribution in [0.25, 0.3) is 16.6 Å². The summed E-state index contributed by atoms with van der Waals surface area (Å²) in [6.45, 7) is 5.24. The van der Waals surface area contributed by atoms with Crippen LogP contribution in [0.2, 0.25) is 0 Å². The van der Waals surface area contributed by atoms with Crippen molar-refractivity contribution in [3.63, 3.8) is 0 Å². The second-order valence-electron chi connectivity index (χ2n) is 8.31. The van der Waals surface area contributed by atoms with Crippen LogP contribution in [0.1, 0.15) is 17.7 Å². The van der Waals surface area contributed by atoms with Crippen LogP contribution in [0.4, 0.5) is 5.82 Å². The molecular weight excluding hydrogens is 414 g/mol. The van der Waals surface area contributed by atoms with Crippen LogP contribution in [-0.2, 0) is 17.8 Å². The smallest absolute Gasteiger partial charge is 0.151 e. The first kappa shape index (κ1) is 21.4. The van der Waals surface area contributed by atoms with E-state index in [4.69, 9.17) is 15.2 Å². The van der Waals surface area contributed by atoms with E-state index in [0.717, 1.165) is 79.3 Å². The van der Waals surface area contributed by atoms with Crippen LogP contribution in [-0.4, -0.2) is 52.3 Å². The Hall–Kier alpha value is -3.42. The average Bonchev–Trinajstić information content (AvgIpc) is 3.24. The van der Waals surface area contributed by atoms with Gasteiger partial charge in [0.05, 0.1) is 13.2 Å². The molecule has 0 aliphatic carbocycles. The maximum absolute atomic E-state index is 6.30. The van der Waals surface area contributed by atoms with Crippen LogP contribution in [0.3, 0.4) is 0 Å². The van der Waals surface area contributed by atoms with Crippen molar-refractivity contribution in [2.45, 2.75) is 19.4 Å². The van der Waals surface area contributed by atoms with E-state index >= 15 is 0 Å². The average molecular weight is 444 g/mol. The van der Waals surface area contributed by atoms with Crippen LogP contribution >= 0.6 is 0 Å². The summed E-state index contributed by atoms with van der Waals surface area (Å²) in [6.07, 6.45) is 3.49. The Morgan fingerprint density at radius 1 is 1.00 bits per heavy atom. The first-order chi connectivity index (χ1) is 16.3. The summed E-state index contributed by atoms with van der Waals surface area (Å²) < 4.78 is 13.4. The van der Waals surface area contributed by atoms with Crippen molar-refractivity contribution in [1.82, 2.24) is 19.5 Å². The lowest BCUT2D eigenvalue weighted by molar-refractivity contribution is 0.0374. The molecule has 0 atom stereocenters. The number of nitrogen functional groups attached to an aromatic ring is 1. The van der Waals surface area contributed by atoms with Gasteiger partial charge in [-0.15, -0.1) is 0 Å². The second-order valence-corrected chi connectivity index (χ2v) is 8.31. The van der Waals surface area contributed by atoms with Gasteiger partial charge in [-0.3, -0.25) is 4.90 Å². The van der Waals surface area contributed by atoms with Gasteiger partial charge in [-0.1, -0.05) is 42.5 Å². The molecule has 4 aromatic rings. The molecule has 7 heteroatoms. The van der Waals surface area contributed by atoms with E-state index in [2.05, 4.69) is 45.3 Å². The van der Waals surface area contributed by atoms with Gasteiger partial charge in [-0.25, -0.2) is 9.50 Å². The summed E-state index contributed by atoms with van der Waals surface area (Å²) in [5.41, 5.74) is 11.5. The zero-order valence-electron chi connectivity index (χ0n) is 18.7. The Kier molecular flexibility index (Phi) is 6.51. The van der Waals surface area contributed by atoms with E-state index in [1.807, 2.05) is 34.8 Å². The lowest BCUT2D eigenvalue weighted by Gasteiger charge is -2.26. The number of hydrogen-bond acceptors (Lipinski definition) is 6. The summed E-state index contributed by atoms with van der Waals surface area (Å²) in [5.74, 6) is 1.30. The standard InChI is InChI=1S/C26H29N5O2/c27-26-25-24(21-8-4-10-23(16-21)33-18-20-6-2-1-3-7-20)17-22(31(25)29-19-28-26)9-5-11-30-12-14-32-15-13-30/h1-4,6-8,10,16-17,19H,5,9,11-15,18H2,(H2,27,28,29). The maximum Gasteiger partial charge on any atom is 0.151 e. The number of hydrogen-bond donors (Lipinski definition) is 1. The van der Waals surface area contributed by atoms with Crippen molar-refractivity contribution >= 4 is 11.3 Å². The molecular formula is C26H29N5O2. The number of anilines is 1. The number of rotatable bonds is 8. The van der Waals surface area contributed by atoms with Gasteiger partial charge >= 0.3 is 0 Å². The third kappa shape index (κ3) is 4.99. The summed E-state index contributed by atoms with van der Waals surface area (Å²) >= 11 is 0. The number of aromatic nitrogens is 3. The summed E-state index contributed by atoms with van der Waals surface area (Å²) in [7, 11) is 0. The Balaban J connectivity index is 1.37. The number of nitrogens with zero attached hydrogens (tertiary/aromatic N) is 4. The van der Waals surface area contributed by atoms with E-state index in [1.54, 1.807) is 0 Å². The van der Waals surface area contributed by atoms with Gasteiger partial charge in [0.15, 0.2) is 5.82 Å². The molecule has 1 fully saturated rings. The van der Waals surface area contributed by atoms with Gasteiger partial charge in [-0.2, -0.15) is 5.10 Å². The molecule has 2 aromatic carbocycles. The molecule has 2 aromatic heterocycles. The van der Waals surface area contributed by atoms with Gasteiger partial charge in [0, 0.05) is 24.3 Å². The van der Waals surface area contributed by atoms with Gasteiger partial charge < -0.3 is 15.2 Å². The van der Waals surface area contributed by atoms with E-state index < -0.39 is 0 Å². The third-order valence-electron chi connectivity index (χ3n) is 6.06. The Morgan fingerprint density at radius 2 is 1.85 bits per heavy atom. The topological polar surface area (TPSA) is 77.9 Å². The number of fused-ring (bicyclic) bond motifs is 1. The molecule has 0 amide bonds. The molecule has 0 bridgehead atoms. The van der Waals surface area contributed by atoms with Crippen molar-refractivity contribution < 1.29 is 9.47 Å². The van der Waals surface area contributed by atoms with Crippen molar-refractivity contribution in [3.05, 3.63) is 78.2 Å². The highest BCUT2D eigenvalue weighted by molar-refractivity contribution is 5.88. The molecule has 1 saturated heterocycles. The highest BCUT2D eigenvalue weighted by Gasteiger charge is 2.16. The van der Waals surface area contributed by atoms with Crippen molar-refractivity contribution in [2.75, 3.05) is 38.6 Å². The minimum atomic E-state index is 0.482. The molecule has 3 heterocycles. The lowest BCUT2D eigenvalue weighted by Crippen LogP contribution is -2.37. The van der Waals surface area contributed by atoms with Crippen LogP contribution in [0, 0.1) is 0 Å². The molecule has 170 valence electrons. The summed E-state index contributed by atoms with van der Waals surface area (Å²) in [5, 5.41) is 4.51. The molecule has 7 nitrogen and oxygen atoms in total. The second kappa shape index (κ2) is 10.0. The first-order valence-corrected chi connectivity index (χ1v) is 11.5. The van der Waals surface area contributed by atoms with E-state index in [0.29, 0.717) is 12.4 Å². The van der Waals surface area contributed by atoms with Gasteiger partial charge in [-0.05, 0) is 48.7 Å². The molecule has 33 heavy (non-hydrogen) atoms. The molecule has 0 unspecified atom stereocenters. The van der Waals surface area contributed by atoms with Crippen molar-refractivity contribution in [2.24, 2.45) is 0 Å². The Bertz CT molecular complexity index is 1200. The minimum absolute atomic E-state index is 0.482. The highest BCUT2D eigenvalue weighted by atomic mass is 16.5. The summed E-state index contributed by atoms with van der Waals surface area (Å²) in [4.78, 5) is 6.71. The van der Waals surface area contributed by atoms with E-state index in [9.17, 15) is 0 Å². The van der Waals surface area contributed by atoms with Crippen molar-refractivity contribution in [1.29, 1.82) is 0 Å². The Labute approximate surface area is 193 Å². The zero-order valence-corrected chi connectivity index (χ0v) is 18.7. The lowest BCUT2D eigenvalue weighted by atomic mass is 10.1. The number of morpholine rings is 1. The molecule has 5 rings (SSSR count). The minimum Gasteiger partial charge on any atom is -0.489 e. The van der Waals surface area contributed by atoms with Gasteiger partial charge in [0.1, 0.15) is 24.2 Å². The normalized spacial score (nSPS) is 14.5. The number of nitrogens with two attached hydrogens (primary N) is 1. The van der Waals surface area contributed by atoms with Crippen LogP contribution < -0.4 is 10.5 Å². The van der Waals surface area contributed by atoms with Crippen LogP contribution in [0.15, 0.2) is 67.0 Å². The predicted molar refractivity (Wildman–Crippen MR) is 129 cm³/mol. The summed E-state index contributed by atoms with van der Waals surface area (Å²) in [6, 6.07) is 20.5. The predicted octanol–water partition coefficient (Wildman–Crippen LogP) is 3.82. The highest BCUT2D eigenvalue weighted by Crippen LogP contribution is 2.32. The monoisotopic (exact) mass is 443 g/mol. The molecule has 0 saturated carbocycles. The number of benzene rings is 2. The SMILES string of the molecule is Nc1ncnn2c(CCCN3CCOCC3)cc(-c3cccc(OCc4ccccc4)c3)c12. The fourth-order valence-electron chi connectivity index (χ4n) is 4.33. The van der Waals surface area contributed by atoms with Crippen molar-refractivity contribution in [3.8, 4) is 16.9 Å². The fourth-order valence-corrected chi connectivity index (χ4v) is 4.33. The quantitative estimate of drug-likeness (QED) is 0.446. The van der Waals surface area contributed by atoms with Gasteiger partial charge in [0.2, 0.25) is 0 Å². The number of aryl methyl sites for hydroxylation is 1. The first-order valence-electron chi connectivity index (χ1n) is 11.5.